The quantitative estimate of drug-likeness (QED) is 0.847. The van der Waals surface area contributed by atoms with Gasteiger partial charge in [0.05, 0.1) is 6.10 Å². The molecule has 1 saturated carbocycles. The molecule has 0 unspecified atom stereocenters. The third kappa shape index (κ3) is 4.43. The zero-order valence-electron chi connectivity index (χ0n) is 13.9. The van der Waals surface area contributed by atoms with Gasteiger partial charge in [0.2, 0.25) is 0 Å². The van der Waals surface area contributed by atoms with Crippen molar-refractivity contribution in [2.24, 2.45) is 0 Å². The van der Waals surface area contributed by atoms with Crippen LogP contribution in [0.4, 0.5) is 0 Å². The highest BCUT2D eigenvalue weighted by molar-refractivity contribution is 5.24. The van der Waals surface area contributed by atoms with Crippen LogP contribution in [0.5, 0.6) is 0 Å². The molecule has 2 heteroatoms. The maximum atomic E-state index is 5.73. The van der Waals surface area contributed by atoms with Gasteiger partial charge in [-0.15, -0.1) is 0 Å². The smallest absolute Gasteiger partial charge is 0.0724 e. The number of hydrogen-bond acceptors (Lipinski definition) is 2. The summed E-state index contributed by atoms with van der Waals surface area (Å²) in [6.45, 7) is 0. The Kier molecular flexibility index (Phi) is 5.84. The largest absolute Gasteiger partial charge is 0.380 e. The molecule has 0 aromatic heterocycles. The predicted molar refractivity (Wildman–Crippen MR) is 95.5 cm³/mol. The second-order valence-electron chi connectivity index (χ2n) is 6.48. The number of methoxy groups -OCH3 is 1. The summed E-state index contributed by atoms with van der Waals surface area (Å²) in [6, 6.07) is 22.3. The van der Waals surface area contributed by atoms with Gasteiger partial charge in [0.15, 0.2) is 0 Å². The van der Waals surface area contributed by atoms with Crippen LogP contribution in [0, 0.1) is 0 Å². The van der Waals surface area contributed by atoms with Crippen LogP contribution in [0.1, 0.15) is 42.9 Å². The molecule has 2 aromatic rings. The van der Waals surface area contributed by atoms with Gasteiger partial charge in [-0.2, -0.15) is 0 Å². The summed E-state index contributed by atoms with van der Waals surface area (Å²) in [7, 11) is 1.85. The van der Waals surface area contributed by atoms with Crippen molar-refractivity contribution in [3.8, 4) is 0 Å². The topological polar surface area (TPSA) is 21.3 Å². The van der Waals surface area contributed by atoms with Crippen LogP contribution in [-0.4, -0.2) is 19.3 Å². The van der Waals surface area contributed by atoms with E-state index in [4.69, 9.17) is 4.74 Å². The Hall–Kier alpha value is -1.64. The van der Waals surface area contributed by atoms with Gasteiger partial charge in [-0.1, -0.05) is 73.5 Å². The Balaban J connectivity index is 1.77. The van der Waals surface area contributed by atoms with E-state index in [0.29, 0.717) is 18.2 Å². The molecule has 2 nitrogen and oxygen atoms in total. The molecule has 0 saturated heterocycles. The van der Waals surface area contributed by atoms with E-state index in [0.717, 1.165) is 6.42 Å². The Morgan fingerprint density at radius 3 is 2.30 bits per heavy atom. The van der Waals surface area contributed by atoms with Gasteiger partial charge in [0, 0.05) is 19.2 Å². The van der Waals surface area contributed by atoms with Crippen LogP contribution < -0.4 is 5.32 Å². The molecule has 0 heterocycles. The van der Waals surface area contributed by atoms with Crippen LogP contribution in [0.15, 0.2) is 60.7 Å². The first-order valence-corrected chi connectivity index (χ1v) is 8.74. The molecule has 3 atom stereocenters. The van der Waals surface area contributed by atoms with Crippen molar-refractivity contribution >= 4 is 0 Å². The summed E-state index contributed by atoms with van der Waals surface area (Å²) in [5.74, 6) is 0. The third-order valence-corrected chi connectivity index (χ3v) is 4.91. The molecule has 1 aliphatic carbocycles. The van der Waals surface area contributed by atoms with E-state index in [2.05, 4.69) is 66.0 Å². The number of rotatable bonds is 6. The van der Waals surface area contributed by atoms with Crippen molar-refractivity contribution in [3.63, 3.8) is 0 Å². The summed E-state index contributed by atoms with van der Waals surface area (Å²) in [4.78, 5) is 0. The van der Waals surface area contributed by atoms with Crippen LogP contribution in [-0.2, 0) is 11.2 Å². The molecule has 122 valence electrons. The van der Waals surface area contributed by atoms with Gasteiger partial charge in [-0.25, -0.2) is 0 Å². The highest BCUT2D eigenvalue weighted by Gasteiger charge is 2.27. The molecule has 0 amide bonds. The Labute approximate surface area is 139 Å². The standard InChI is InChI=1S/C21H27NO/c1-23-21-15-9-8-14-19(21)22-20(18-12-6-3-7-13-18)16-17-10-4-2-5-11-17/h2-7,10-13,19-22H,8-9,14-16H2,1H3/t19-,20-,21-/m1/s1. The summed E-state index contributed by atoms with van der Waals surface area (Å²) < 4.78 is 5.73. The lowest BCUT2D eigenvalue weighted by Gasteiger charge is -2.34. The molecule has 1 N–H and O–H groups in total. The van der Waals surface area contributed by atoms with Gasteiger partial charge < -0.3 is 10.1 Å². The fourth-order valence-corrected chi connectivity index (χ4v) is 3.64. The van der Waals surface area contributed by atoms with E-state index in [1.807, 2.05) is 7.11 Å². The molecule has 1 aliphatic rings. The first-order chi connectivity index (χ1) is 11.4. The van der Waals surface area contributed by atoms with Crippen molar-refractivity contribution in [2.75, 3.05) is 7.11 Å². The normalized spacial score (nSPS) is 22.7. The molecular formula is C21H27NO. The highest BCUT2D eigenvalue weighted by atomic mass is 16.5. The van der Waals surface area contributed by atoms with Gasteiger partial charge in [0.1, 0.15) is 0 Å². The SMILES string of the molecule is CO[C@@H]1CCCC[C@H]1N[C@H](Cc1ccccc1)c1ccccc1. The molecular weight excluding hydrogens is 282 g/mol. The van der Waals surface area contributed by atoms with Crippen LogP contribution in [0.2, 0.25) is 0 Å². The average Bonchev–Trinajstić information content (AvgIpc) is 2.63. The van der Waals surface area contributed by atoms with Gasteiger partial charge in [-0.05, 0) is 30.4 Å². The van der Waals surface area contributed by atoms with E-state index in [-0.39, 0.29) is 0 Å². The summed E-state index contributed by atoms with van der Waals surface area (Å²) >= 11 is 0. The molecule has 0 radical (unpaired) electrons. The summed E-state index contributed by atoms with van der Waals surface area (Å²) in [6.07, 6.45) is 6.30. The minimum atomic E-state index is 0.333. The number of benzene rings is 2. The third-order valence-electron chi connectivity index (χ3n) is 4.91. The minimum Gasteiger partial charge on any atom is -0.380 e. The van der Waals surface area contributed by atoms with Crippen molar-refractivity contribution in [3.05, 3.63) is 71.8 Å². The average molecular weight is 309 g/mol. The van der Waals surface area contributed by atoms with Gasteiger partial charge >= 0.3 is 0 Å². The predicted octanol–water partition coefficient (Wildman–Crippen LogP) is 4.52. The molecule has 2 aromatic carbocycles. The lowest BCUT2D eigenvalue weighted by molar-refractivity contribution is 0.0376. The second kappa shape index (κ2) is 8.28. The van der Waals surface area contributed by atoms with Crippen LogP contribution >= 0.6 is 0 Å². The summed E-state index contributed by atoms with van der Waals surface area (Å²) in [5.41, 5.74) is 2.73. The molecule has 0 bridgehead atoms. The second-order valence-corrected chi connectivity index (χ2v) is 6.48. The molecule has 0 spiro atoms. The van der Waals surface area contributed by atoms with Crippen molar-refractivity contribution in [1.82, 2.24) is 5.32 Å². The minimum absolute atomic E-state index is 0.333. The van der Waals surface area contributed by atoms with Crippen molar-refractivity contribution < 1.29 is 4.74 Å². The Morgan fingerprint density at radius 2 is 1.61 bits per heavy atom. The fourth-order valence-electron chi connectivity index (χ4n) is 3.64. The van der Waals surface area contributed by atoms with E-state index in [9.17, 15) is 0 Å². The van der Waals surface area contributed by atoms with E-state index in [1.165, 1.54) is 36.8 Å². The zero-order valence-corrected chi connectivity index (χ0v) is 13.9. The summed E-state index contributed by atoms with van der Waals surface area (Å²) in [5, 5.41) is 3.90. The number of hydrogen-bond donors (Lipinski definition) is 1. The highest BCUT2D eigenvalue weighted by Crippen LogP contribution is 2.26. The van der Waals surface area contributed by atoms with Crippen molar-refractivity contribution in [1.29, 1.82) is 0 Å². The first kappa shape index (κ1) is 16.2. The molecule has 3 rings (SSSR count). The zero-order chi connectivity index (χ0) is 15.9. The lowest BCUT2D eigenvalue weighted by Crippen LogP contribution is -2.45. The van der Waals surface area contributed by atoms with E-state index >= 15 is 0 Å². The maximum absolute atomic E-state index is 5.73. The first-order valence-electron chi connectivity index (χ1n) is 8.74. The monoisotopic (exact) mass is 309 g/mol. The Bertz CT molecular complexity index is 569. The molecule has 23 heavy (non-hydrogen) atoms. The van der Waals surface area contributed by atoms with Gasteiger partial charge in [0.25, 0.3) is 0 Å². The maximum Gasteiger partial charge on any atom is 0.0724 e. The molecule has 1 fully saturated rings. The van der Waals surface area contributed by atoms with Crippen molar-refractivity contribution in [2.45, 2.75) is 50.3 Å². The van der Waals surface area contributed by atoms with E-state index in [1.54, 1.807) is 0 Å². The number of nitrogens with one attached hydrogen (secondary N) is 1. The van der Waals surface area contributed by atoms with Crippen LogP contribution in [0.25, 0.3) is 0 Å². The van der Waals surface area contributed by atoms with Gasteiger partial charge in [-0.3, -0.25) is 0 Å². The fraction of sp³-hybridized carbons (Fsp3) is 0.429. The van der Waals surface area contributed by atoms with E-state index < -0.39 is 0 Å². The van der Waals surface area contributed by atoms with Crippen LogP contribution in [0.3, 0.4) is 0 Å². The Morgan fingerprint density at radius 1 is 0.957 bits per heavy atom. The molecule has 0 aliphatic heterocycles. The number of ether oxygens (including phenoxy) is 1. The lowest BCUT2D eigenvalue weighted by atomic mass is 9.90.